The molecule has 4 nitrogen and oxygen atoms in total. The first kappa shape index (κ1) is 17.9. The minimum Gasteiger partial charge on any atom is -0.449 e. The number of carbonyl (C=O) groups is 2. The summed E-state index contributed by atoms with van der Waals surface area (Å²) in [5.74, 6) is -3.94. The van der Waals surface area contributed by atoms with Crippen molar-refractivity contribution < 1.29 is 23.1 Å². The molecular formula is C17H14ClF2NO3. The van der Waals surface area contributed by atoms with Crippen LogP contribution in [0.2, 0.25) is 5.02 Å². The highest BCUT2D eigenvalue weighted by Crippen LogP contribution is 2.21. The second kappa shape index (κ2) is 7.88. The zero-order chi connectivity index (χ0) is 17.7. The van der Waals surface area contributed by atoms with Crippen LogP contribution in [0, 0.1) is 11.6 Å². The van der Waals surface area contributed by atoms with Gasteiger partial charge in [-0.15, -0.1) is 0 Å². The predicted octanol–water partition coefficient (Wildman–Crippen LogP) is 3.48. The van der Waals surface area contributed by atoms with Crippen molar-refractivity contribution >= 4 is 23.5 Å². The Morgan fingerprint density at radius 3 is 2.46 bits per heavy atom. The molecule has 126 valence electrons. The lowest BCUT2D eigenvalue weighted by atomic mass is 10.2. The van der Waals surface area contributed by atoms with Gasteiger partial charge in [0.25, 0.3) is 5.91 Å². The molecule has 0 unspecified atom stereocenters. The first-order valence-corrected chi connectivity index (χ1v) is 7.43. The van der Waals surface area contributed by atoms with Crippen LogP contribution in [0.15, 0.2) is 42.5 Å². The number of carbonyl (C=O) groups excluding carboxylic acids is 2. The van der Waals surface area contributed by atoms with Gasteiger partial charge in [0.1, 0.15) is 0 Å². The molecule has 0 aliphatic rings. The molecule has 0 aromatic heterocycles. The van der Waals surface area contributed by atoms with Gasteiger partial charge in [-0.05, 0) is 24.6 Å². The quantitative estimate of drug-likeness (QED) is 0.661. The van der Waals surface area contributed by atoms with Crippen molar-refractivity contribution in [3.63, 3.8) is 0 Å². The van der Waals surface area contributed by atoms with E-state index in [4.69, 9.17) is 16.3 Å². The van der Waals surface area contributed by atoms with Crippen molar-refractivity contribution in [1.82, 2.24) is 5.32 Å². The predicted molar refractivity (Wildman–Crippen MR) is 84.5 cm³/mol. The smallest absolute Gasteiger partial charge is 0.340 e. The van der Waals surface area contributed by atoms with Crippen molar-refractivity contribution in [3.05, 3.63) is 70.2 Å². The summed E-state index contributed by atoms with van der Waals surface area (Å²) in [6.07, 6.45) is -1.12. The first-order chi connectivity index (χ1) is 11.4. The maximum Gasteiger partial charge on any atom is 0.340 e. The zero-order valence-electron chi connectivity index (χ0n) is 12.7. The zero-order valence-corrected chi connectivity index (χ0v) is 13.4. The van der Waals surface area contributed by atoms with Crippen LogP contribution < -0.4 is 5.32 Å². The second-order valence-corrected chi connectivity index (χ2v) is 5.40. The Balaban J connectivity index is 1.96. The lowest BCUT2D eigenvalue weighted by molar-refractivity contribution is -0.129. The third-order valence-electron chi connectivity index (χ3n) is 3.19. The van der Waals surface area contributed by atoms with E-state index in [1.165, 1.54) is 6.92 Å². The number of hydrogen-bond acceptors (Lipinski definition) is 3. The van der Waals surface area contributed by atoms with E-state index in [-0.39, 0.29) is 17.1 Å². The molecule has 2 aromatic carbocycles. The van der Waals surface area contributed by atoms with E-state index in [9.17, 15) is 18.4 Å². The molecule has 0 saturated carbocycles. The molecule has 0 saturated heterocycles. The highest BCUT2D eigenvalue weighted by molar-refractivity contribution is 6.33. The van der Waals surface area contributed by atoms with Gasteiger partial charge in [-0.1, -0.05) is 41.9 Å². The Morgan fingerprint density at radius 2 is 1.79 bits per heavy atom. The van der Waals surface area contributed by atoms with Gasteiger partial charge in [0.2, 0.25) is 0 Å². The highest BCUT2D eigenvalue weighted by Gasteiger charge is 2.22. The number of halogens is 3. The van der Waals surface area contributed by atoms with Crippen molar-refractivity contribution in [2.45, 2.75) is 19.6 Å². The fourth-order valence-electron chi connectivity index (χ4n) is 1.89. The molecule has 24 heavy (non-hydrogen) atoms. The summed E-state index contributed by atoms with van der Waals surface area (Å²) in [4.78, 5) is 23.9. The second-order valence-electron chi connectivity index (χ2n) is 5.00. The molecule has 1 amide bonds. The average Bonchev–Trinajstić information content (AvgIpc) is 2.56. The molecule has 0 bridgehead atoms. The van der Waals surface area contributed by atoms with E-state index in [0.717, 1.165) is 5.56 Å². The molecule has 0 aliphatic carbocycles. The molecule has 2 aromatic rings. The Morgan fingerprint density at radius 1 is 1.17 bits per heavy atom. The summed E-state index contributed by atoms with van der Waals surface area (Å²) < 4.78 is 31.1. The van der Waals surface area contributed by atoms with Crippen LogP contribution in [0.3, 0.4) is 0 Å². The van der Waals surface area contributed by atoms with Gasteiger partial charge in [-0.3, -0.25) is 4.79 Å². The minimum atomic E-state index is -1.23. The van der Waals surface area contributed by atoms with Gasteiger partial charge in [0.15, 0.2) is 17.7 Å². The first-order valence-electron chi connectivity index (χ1n) is 7.05. The van der Waals surface area contributed by atoms with Gasteiger partial charge in [0.05, 0.1) is 10.6 Å². The Bertz CT molecular complexity index is 753. The van der Waals surface area contributed by atoms with Gasteiger partial charge < -0.3 is 10.1 Å². The number of esters is 1. The van der Waals surface area contributed by atoms with Gasteiger partial charge >= 0.3 is 5.97 Å². The SMILES string of the molecule is C[C@H](OC(=O)c1cc(F)c(F)cc1Cl)C(=O)NCc1ccccc1. The van der Waals surface area contributed by atoms with Crippen molar-refractivity contribution in [2.75, 3.05) is 0 Å². The standard InChI is InChI=1S/C17H14ClF2NO3/c1-10(16(22)21-9-11-5-3-2-4-6-11)24-17(23)12-7-14(19)15(20)8-13(12)18/h2-8,10H,9H2,1H3,(H,21,22)/t10-/m0/s1. The van der Waals surface area contributed by atoms with Crippen LogP contribution >= 0.6 is 11.6 Å². The number of nitrogens with one attached hydrogen (secondary N) is 1. The summed E-state index contributed by atoms with van der Waals surface area (Å²) in [6.45, 7) is 1.64. The summed E-state index contributed by atoms with van der Waals surface area (Å²) in [7, 11) is 0. The lowest BCUT2D eigenvalue weighted by Gasteiger charge is -2.14. The van der Waals surface area contributed by atoms with E-state index in [2.05, 4.69) is 5.32 Å². The van der Waals surface area contributed by atoms with E-state index < -0.39 is 29.6 Å². The molecule has 1 N–H and O–H groups in total. The topological polar surface area (TPSA) is 55.4 Å². The van der Waals surface area contributed by atoms with E-state index >= 15 is 0 Å². The summed E-state index contributed by atoms with van der Waals surface area (Å²) >= 11 is 5.69. The minimum absolute atomic E-state index is 0.271. The van der Waals surface area contributed by atoms with Crippen LogP contribution in [0.4, 0.5) is 8.78 Å². The van der Waals surface area contributed by atoms with Crippen LogP contribution in [0.1, 0.15) is 22.8 Å². The van der Waals surface area contributed by atoms with Gasteiger partial charge in [0, 0.05) is 6.54 Å². The maximum atomic E-state index is 13.2. The average molecular weight is 354 g/mol. The van der Waals surface area contributed by atoms with Crippen LogP contribution in [0.25, 0.3) is 0 Å². The molecule has 0 heterocycles. The third kappa shape index (κ3) is 4.52. The largest absolute Gasteiger partial charge is 0.449 e. The van der Waals surface area contributed by atoms with Crippen molar-refractivity contribution in [2.24, 2.45) is 0 Å². The number of ether oxygens (including phenoxy) is 1. The summed E-state index contributed by atoms with van der Waals surface area (Å²) in [6, 6.07) is 10.5. The van der Waals surface area contributed by atoms with Crippen LogP contribution in [-0.2, 0) is 16.1 Å². The van der Waals surface area contributed by atoms with E-state index in [0.29, 0.717) is 12.1 Å². The number of benzene rings is 2. The fourth-order valence-corrected chi connectivity index (χ4v) is 2.11. The normalized spacial score (nSPS) is 11.7. The molecule has 0 aliphatic heterocycles. The van der Waals surface area contributed by atoms with Gasteiger partial charge in [-0.25, -0.2) is 13.6 Å². The Hall–Kier alpha value is -2.47. The molecular weight excluding hydrogens is 340 g/mol. The molecule has 7 heteroatoms. The molecule has 1 atom stereocenters. The van der Waals surface area contributed by atoms with E-state index in [1.54, 1.807) is 0 Å². The van der Waals surface area contributed by atoms with Crippen LogP contribution in [-0.4, -0.2) is 18.0 Å². The third-order valence-corrected chi connectivity index (χ3v) is 3.51. The molecule has 2 rings (SSSR count). The summed E-state index contributed by atoms with van der Waals surface area (Å²) in [5, 5.41) is 2.31. The van der Waals surface area contributed by atoms with Gasteiger partial charge in [-0.2, -0.15) is 0 Å². The summed E-state index contributed by atoms with van der Waals surface area (Å²) in [5.41, 5.74) is 0.534. The van der Waals surface area contributed by atoms with E-state index in [1.807, 2.05) is 30.3 Å². The van der Waals surface area contributed by atoms with Crippen LogP contribution in [0.5, 0.6) is 0 Å². The molecule has 0 radical (unpaired) electrons. The number of rotatable bonds is 5. The molecule has 0 spiro atoms. The number of hydrogen-bond donors (Lipinski definition) is 1. The maximum absolute atomic E-state index is 13.2. The Labute approximate surface area is 142 Å². The highest BCUT2D eigenvalue weighted by atomic mass is 35.5. The Kier molecular flexibility index (Phi) is 5.87. The number of amides is 1. The van der Waals surface area contributed by atoms with Crippen molar-refractivity contribution in [3.8, 4) is 0 Å². The fraction of sp³-hybridized carbons (Fsp3) is 0.176. The monoisotopic (exact) mass is 353 g/mol. The van der Waals surface area contributed by atoms with Crippen molar-refractivity contribution in [1.29, 1.82) is 0 Å². The lowest BCUT2D eigenvalue weighted by Crippen LogP contribution is -2.35. The molecule has 0 fully saturated rings.